The summed E-state index contributed by atoms with van der Waals surface area (Å²) in [6.07, 6.45) is -6.78. The van der Waals surface area contributed by atoms with Gasteiger partial charge in [0.25, 0.3) is 0 Å². The molecule has 3 aliphatic heterocycles. The molecule has 60 heavy (non-hydrogen) atoms. The molecule has 3 saturated heterocycles. The van der Waals surface area contributed by atoms with Gasteiger partial charge >= 0.3 is 0 Å². The summed E-state index contributed by atoms with van der Waals surface area (Å²) in [6.45, 7) is 0.593. The van der Waals surface area contributed by atoms with Crippen LogP contribution in [0.25, 0.3) is 0 Å². The van der Waals surface area contributed by atoms with Crippen molar-refractivity contribution in [2.75, 3.05) is 39.5 Å². The molecule has 0 radical (unpaired) electrons. The van der Waals surface area contributed by atoms with Crippen molar-refractivity contribution >= 4 is 5.91 Å². The molecule has 0 aromatic carbocycles. The van der Waals surface area contributed by atoms with E-state index in [1.54, 1.807) is 18.6 Å². The van der Waals surface area contributed by atoms with Gasteiger partial charge < -0.3 is 71.1 Å². The van der Waals surface area contributed by atoms with Gasteiger partial charge in [-0.1, -0.05) is 18.2 Å². The minimum Gasteiger partial charge on any atom is -0.394 e. The van der Waals surface area contributed by atoms with Crippen LogP contribution >= 0.6 is 0 Å². The number of carbonyl (C=O) groups excluding carboxylic acids is 1. The van der Waals surface area contributed by atoms with Crippen molar-refractivity contribution in [3.8, 4) is 0 Å². The zero-order chi connectivity index (χ0) is 42.6. The fourth-order valence-electron chi connectivity index (χ4n) is 7.53. The largest absolute Gasteiger partial charge is 0.394 e. The van der Waals surface area contributed by atoms with E-state index < -0.39 is 105 Å². The monoisotopic (exact) mass is 842 g/mol. The molecule has 11 N–H and O–H groups in total. The molecule has 0 saturated carbocycles. The third kappa shape index (κ3) is 12.5. The Labute approximate surface area is 348 Å². The summed E-state index contributed by atoms with van der Waals surface area (Å²) in [5.74, 6) is -0.412. The van der Waals surface area contributed by atoms with E-state index in [-0.39, 0.29) is 19.4 Å². The number of ether oxygens (including phenoxy) is 5. The molecule has 0 aliphatic carbocycles. The topological polar surface area (TPSA) is 294 Å². The predicted octanol–water partition coefficient (Wildman–Crippen LogP) is -3.07. The summed E-state index contributed by atoms with van der Waals surface area (Å²) in [4.78, 5) is 31.9. The molecule has 3 fully saturated rings. The standard InChI is InChI=1S/C40H58N8O12/c41-27-15-29(31(21-49)56-38(27)55)57-39-28(16-30(32(22-50)59-39)58-40-35(42)37(54)36(53)33(23-51)60-40)46-34(52)20-48(19-26-9-3-6-12-45-26)14-13-47(17-24-7-1-4-10-43-24)18-25-8-2-5-11-44-25/h1-12,27-33,35-40,49-51,53-55H,13-23,41-42H2,(H,46,52)/t27-,28-,29+,30+,31-,32-,33-,35-,36-,37-,38-,39-,40-/m1/s1. The second-order valence-corrected chi connectivity index (χ2v) is 15.3. The smallest absolute Gasteiger partial charge is 0.234 e. The molecule has 1 amide bonds. The number of nitrogens with one attached hydrogen (secondary N) is 1. The first-order chi connectivity index (χ1) is 29.0. The van der Waals surface area contributed by atoms with Crippen LogP contribution in [0, 0.1) is 0 Å². The summed E-state index contributed by atoms with van der Waals surface area (Å²) in [7, 11) is 0. The molecule has 0 unspecified atom stereocenters. The first-order valence-electron chi connectivity index (χ1n) is 20.1. The van der Waals surface area contributed by atoms with E-state index in [4.69, 9.17) is 35.2 Å². The lowest BCUT2D eigenvalue weighted by molar-refractivity contribution is -0.326. The van der Waals surface area contributed by atoms with Crippen LogP contribution in [-0.2, 0) is 48.1 Å². The van der Waals surface area contributed by atoms with Gasteiger partial charge in [-0.15, -0.1) is 0 Å². The fourth-order valence-corrected chi connectivity index (χ4v) is 7.53. The number of aliphatic hydroxyl groups excluding tert-OH is 6. The number of aromatic nitrogens is 3. The van der Waals surface area contributed by atoms with Crippen molar-refractivity contribution < 1.29 is 59.1 Å². The Morgan fingerprint density at radius 3 is 1.73 bits per heavy atom. The van der Waals surface area contributed by atoms with Crippen LogP contribution in [0.15, 0.2) is 73.2 Å². The number of pyridine rings is 3. The van der Waals surface area contributed by atoms with Crippen LogP contribution in [0.1, 0.15) is 29.9 Å². The third-order valence-electron chi connectivity index (χ3n) is 10.8. The van der Waals surface area contributed by atoms with Crippen molar-refractivity contribution in [3.05, 3.63) is 90.3 Å². The van der Waals surface area contributed by atoms with E-state index in [2.05, 4.69) is 25.2 Å². The highest BCUT2D eigenvalue weighted by atomic mass is 16.7. The molecule has 3 aromatic heterocycles. The molecular formula is C40H58N8O12. The third-order valence-corrected chi connectivity index (χ3v) is 10.8. The van der Waals surface area contributed by atoms with E-state index in [1.165, 1.54) is 0 Å². The summed E-state index contributed by atoms with van der Waals surface area (Å²) in [6, 6.07) is 14.0. The maximum Gasteiger partial charge on any atom is 0.234 e. The Kier molecular flexibility index (Phi) is 17.1. The van der Waals surface area contributed by atoms with Crippen LogP contribution in [-0.4, -0.2) is 180 Å². The molecule has 3 aromatic rings. The van der Waals surface area contributed by atoms with Gasteiger partial charge in [0.15, 0.2) is 18.9 Å². The van der Waals surface area contributed by atoms with Crippen LogP contribution in [0.3, 0.4) is 0 Å². The average Bonchev–Trinajstić information content (AvgIpc) is 3.25. The molecular weight excluding hydrogens is 784 g/mol. The van der Waals surface area contributed by atoms with Crippen molar-refractivity contribution in [2.24, 2.45) is 11.5 Å². The number of amides is 1. The van der Waals surface area contributed by atoms with Crippen molar-refractivity contribution in [2.45, 2.75) is 112 Å². The van der Waals surface area contributed by atoms with E-state index >= 15 is 0 Å². The highest BCUT2D eigenvalue weighted by Gasteiger charge is 2.48. The lowest BCUT2D eigenvalue weighted by Crippen LogP contribution is -2.65. The molecule has 0 spiro atoms. The van der Waals surface area contributed by atoms with Crippen molar-refractivity contribution in [1.29, 1.82) is 0 Å². The number of aliphatic hydroxyl groups is 6. The molecule has 3 aliphatic rings. The van der Waals surface area contributed by atoms with Gasteiger partial charge in [0.2, 0.25) is 5.91 Å². The summed E-state index contributed by atoms with van der Waals surface area (Å²) in [5.41, 5.74) is 14.8. The lowest BCUT2D eigenvalue weighted by atomic mass is 9.96. The van der Waals surface area contributed by atoms with Crippen molar-refractivity contribution in [3.63, 3.8) is 0 Å². The second-order valence-electron chi connectivity index (χ2n) is 15.3. The molecule has 0 bridgehead atoms. The molecule has 6 heterocycles. The molecule has 20 nitrogen and oxygen atoms in total. The summed E-state index contributed by atoms with van der Waals surface area (Å²) in [5, 5.41) is 64.5. The maximum atomic E-state index is 14.2. The number of nitrogens with two attached hydrogens (primary N) is 2. The number of hydrogen-bond donors (Lipinski definition) is 9. The van der Waals surface area contributed by atoms with E-state index in [0.717, 1.165) is 17.1 Å². The summed E-state index contributed by atoms with van der Waals surface area (Å²) < 4.78 is 29.9. The van der Waals surface area contributed by atoms with Gasteiger partial charge in [-0.3, -0.25) is 29.5 Å². The van der Waals surface area contributed by atoms with Gasteiger partial charge in [0, 0.05) is 57.7 Å². The molecule has 6 rings (SSSR count). The van der Waals surface area contributed by atoms with Gasteiger partial charge in [0.1, 0.15) is 30.5 Å². The van der Waals surface area contributed by atoms with Crippen LogP contribution in [0.2, 0.25) is 0 Å². The zero-order valence-corrected chi connectivity index (χ0v) is 33.2. The highest BCUT2D eigenvalue weighted by Crippen LogP contribution is 2.31. The molecule has 13 atom stereocenters. The Hall–Kier alpha value is -3.68. The summed E-state index contributed by atoms with van der Waals surface area (Å²) >= 11 is 0. The Bertz CT molecular complexity index is 1670. The van der Waals surface area contributed by atoms with Gasteiger partial charge in [-0.25, -0.2) is 0 Å². The van der Waals surface area contributed by atoms with E-state index in [0.29, 0.717) is 32.7 Å². The second kappa shape index (κ2) is 22.4. The average molecular weight is 843 g/mol. The number of rotatable bonds is 19. The predicted molar refractivity (Wildman–Crippen MR) is 210 cm³/mol. The Morgan fingerprint density at radius 1 is 0.683 bits per heavy atom. The first kappa shape index (κ1) is 45.8. The minimum absolute atomic E-state index is 0.0229. The fraction of sp³-hybridized carbons (Fsp3) is 0.600. The normalized spacial score (nSPS) is 32.3. The number of nitrogens with zero attached hydrogens (tertiary/aromatic N) is 5. The number of carbonyl (C=O) groups is 1. The minimum atomic E-state index is -1.50. The van der Waals surface area contributed by atoms with E-state index in [9.17, 15) is 35.4 Å². The molecule has 20 heteroatoms. The zero-order valence-electron chi connectivity index (χ0n) is 33.2. The van der Waals surface area contributed by atoms with Gasteiger partial charge in [-0.2, -0.15) is 0 Å². The quantitative estimate of drug-likeness (QED) is 0.0579. The van der Waals surface area contributed by atoms with Crippen molar-refractivity contribution in [1.82, 2.24) is 30.1 Å². The van der Waals surface area contributed by atoms with Crippen LogP contribution in [0.4, 0.5) is 0 Å². The van der Waals surface area contributed by atoms with Gasteiger partial charge in [-0.05, 0) is 42.8 Å². The molecule has 330 valence electrons. The SMILES string of the molecule is N[C@H]1[C@H](O[C@H]2C[C@@H](NC(=O)CN(CCN(Cc3ccccn3)Cc3ccccn3)Cc3ccccn3)[C@H](O[C@H]3C[C@@H](N)[C@H](O)O[C@@H]3CO)O[C@@H]2CO)O[C@H](CO)[C@@H](O)[C@@H]1O. The maximum absolute atomic E-state index is 14.2. The lowest BCUT2D eigenvalue weighted by Gasteiger charge is -2.47. The highest BCUT2D eigenvalue weighted by molar-refractivity contribution is 5.78. The van der Waals surface area contributed by atoms with Crippen LogP contribution in [0.5, 0.6) is 0 Å². The first-order valence-corrected chi connectivity index (χ1v) is 20.1. The van der Waals surface area contributed by atoms with Gasteiger partial charge in [0.05, 0.1) is 73.8 Å². The Morgan fingerprint density at radius 2 is 1.18 bits per heavy atom. The van der Waals surface area contributed by atoms with Crippen LogP contribution < -0.4 is 16.8 Å². The number of hydrogen-bond acceptors (Lipinski definition) is 19. The Balaban J connectivity index is 1.21. The van der Waals surface area contributed by atoms with E-state index in [1.807, 2.05) is 59.5 Å².